The van der Waals surface area contributed by atoms with Gasteiger partial charge >= 0.3 is 0 Å². The summed E-state index contributed by atoms with van der Waals surface area (Å²) < 4.78 is 0. The van der Waals surface area contributed by atoms with Crippen LogP contribution in [-0.4, -0.2) is 54.5 Å². The zero-order valence-corrected chi connectivity index (χ0v) is 13.6. The van der Waals surface area contributed by atoms with E-state index in [2.05, 4.69) is 29.2 Å². The predicted octanol–water partition coefficient (Wildman–Crippen LogP) is 1.83. The summed E-state index contributed by atoms with van der Waals surface area (Å²) >= 11 is 0. The zero-order valence-electron chi connectivity index (χ0n) is 13.6. The number of nitrogens with zero attached hydrogens (tertiary/aromatic N) is 2. The van der Waals surface area contributed by atoms with Crippen LogP contribution in [0.25, 0.3) is 6.08 Å². The van der Waals surface area contributed by atoms with Gasteiger partial charge in [-0.25, -0.2) is 0 Å². The lowest BCUT2D eigenvalue weighted by Gasteiger charge is -2.36. The van der Waals surface area contributed by atoms with E-state index in [1.54, 1.807) is 0 Å². The Morgan fingerprint density at radius 2 is 1.82 bits per heavy atom. The van der Waals surface area contributed by atoms with E-state index in [1.165, 1.54) is 5.56 Å². The maximum absolute atomic E-state index is 12.2. The van der Waals surface area contributed by atoms with Gasteiger partial charge in [0.2, 0.25) is 5.91 Å². The van der Waals surface area contributed by atoms with Crippen molar-refractivity contribution < 1.29 is 4.79 Å². The molecule has 1 aromatic rings. The Balaban J connectivity index is 1.75. The van der Waals surface area contributed by atoms with Crippen molar-refractivity contribution in [1.29, 1.82) is 0 Å². The molecular formula is C18H27N3O. The van der Waals surface area contributed by atoms with E-state index < -0.39 is 0 Å². The predicted molar refractivity (Wildman–Crippen MR) is 91.3 cm³/mol. The number of hydrogen-bond acceptors (Lipinski definition) is 3. The number of amides is 1. The summed E-state index contributed by atoms with van der Waals surface area (Å²) in [5, 5.41) is 0. The maximum atomic E-state index is 12.2. The third-order valence-electron chi connectivity index (χ3n) is 4.16. The number of hydrogen-bond donors (Lipinski definition) is 1. The summed E-state index contributed by atoms with van der Waals surface area (Å²) in [7, 11) is 0. The van der Waals surface area contributed by atoms with E-state index >= 15 is 0 Å². The molecule has 0 aromatic heterocycles. The maximum Gasteiger partial charge on any atom is 0.239 e. The first kappa shape index (κ1) is 16.7. The fourth-order valence-corrected chi connectivity index (χ4v) is 2.55. The van der Waals surface area contributed by atoms with Crippen LogP contribution < -0.4 is 5.73 Å². The molecule has 2 rings (SSSR count). The molecule has 0 radical (unpaired) electrons. The molecule has 1 atom stereocenters. The van der Waals surface area contributed by atoms with Gasteiger partial charge in [0.15, 0.2) is 0 Å². The molecule has 1 aliphatic heterocycles. The minimum Gasteiger partial charge on any atom is -0.339 e. The number of benzene rings is 1. The van der Waals surface area contributed by atoms with Crippen molar-refractivity contribution in [2.45, 2.75) is 19.9 Å². The van der Waals surface area contributed by atoms with Crippen LogP contribution in [0, 0.1) is 5.92 Å². The molecule has 1 aromatic carbocycles. The summed E-state index contributed by atoms with van der Waals surface area (Å²) in [6.07, 6.45) is 4.33. The van der Waals surface area contributed by atoms with Gasteiger partial charge in [-0.2, -0.15) is 0 Å². The van der Waals surface area contributed by atoms with E-state index in [0.29, 0.717) is 0 Å². The largest absolute Gasteiger partial charge is 0.339 e. The van der Waals surface area contributed by atoms with Crippen molar-refractivity contribution in [2.75, 3.05) is 32.7 Å². The fourth-order valence-electron chi connectivity index (χ4n) is 2.55. The molecule has 0 aliphatic carbocycles. The average molecular weight is 301 g/mol. The van der Waals surface area contributed by atoms with Gasteiger partial charge in [-0.3, -0.25) is 9.69 Å². The first-order chi connectivity index (χ1) is 10.6. The normalized spacial score (nSPS) is 18.1. The molecule has 1 saturated heterocycles. The Kier molecular flexibility index (Phi) is 6.16. The van der Waals surface area contributed by atoms with Gasteiger partial charge < -0.3 is 10.6 Å². The molecule has 4 nitrogen and oxygen atoms in total. The van der Waals surface area contributed by atoms with Gasteiger partial charge in [0.25, 0.3) is 0 Å². The topological polar surface area (TPSA) is 49.6 Å². The molecule has 0 unspecified atom stereocenters. The molecule has 4 heteroatoms. The summed E-state index contributed by atoms with van der Waals surface area (Å²) in [5.41, 5.74) is 7.18. The third kappa shape index (κ3) is 4.68. The van der Waals surface area contributed by atoms with E-state index in [4.69, 9.17) is 5.73 Å². The Bertz CT molecular complexity index is 490. The molecule has 22 heavy (non-hydrogen) atoms. The van der Waals surface area contributed by atoms with Gasteiger partial charge in [-0.1, -0.05) is 56.3 Å². The number of carbonyl (C=O) groups is 1. The van der Waals surface area contributed by atoms with Crippen LogP contribution in [0.1, 0.15) is 19.4 Å². The van der Waals surface area contributed by atoms with Crippen molar-refractivity contribution in [3.8, 4) is 0 Å². The Hall–Kier alpha value is -1.65. The van der Waals surface area contributed by atoms with Crippen molar-refractivity contribution in [1.82, 2.24) is 9.80 Å². The van der Waals surface area contributed by atoms with Crippen LogP contribution in [0.2, 0.25) is 0 Å². The molecule has 1 fully saturated rings. The summed E-state index contributed by atoms with van der Waals surface area (Å²) in [6.45, 7) is 8.29. The van der Waals surface area contributed by atoms with Crippen LogP contribution in [0.5, 0.6) is 0 Å². The minimum absolute atomic E-state index is 0.0921. The molecule has 120 valence electrons. The first-order valence-corrected chi connectivity index (χ1v) is 8.06. The van der Waals surface area contributed by atoms with Crippen LogP contribution in [0.3, 0.4) is 0 Å². The standard InChI is InChI=1S/C18H27N3O/c1-15(2)17(19)18(22)21-13-11-20(12-14-21)10-6-9-16-7-4-3-5-8-16/h3-9,15,17H,10-14,19H2,1-2H3/b9-6+/t17-/m0/s1. The Morgan fingerprint density at radius 3 is 2.41 bits per heavy atom. The van der Waals surface area contributed by atoms with Gasteiger partial charge in [0, 0.05) is 32.7 Å². The fraction of sp³-hybridized carbons (Fsp3) is 0.500. The van der Waals surface area contributed by atoms with Crippen LogP contribution >= 0.6 is 0 Å². The van der Waals surface area contributed by atoms with Gasteiger partial charge in [-0.15, -0.1) is 0 Å². The molecule has 0 bridgehead atoms. The minimum atomic E-state index is -0.371. The van der Waals surface area contributed by atoms with Crippen molar-refractivity contribution in [3.63, 3.8) is 0 Å². The lowest BCUT2D eigenvalue weighted by atomic mass is 10.0. The Morgan fingerprint density at radius 1 is 1.18 bits per heavy atom. The SMILES string of the molecule is CC(C)[C@H](N)C(=O)N1CCN(C/C=C/c2ccccc2)CC1. The molecule has 0 spiro atoms. The van der Waals surface area contributed by atoms with Crippen molar-refractivity contribution in [3.05, 3.63) is 42.0 Å². The smallest absolute Gasteiger partial charge is 0.239 e. The number of rotatable bonds is 5. The van der Waals surface area contributed by atoms with Crippen LogP contribution in [-0.2, 0) is 4.79 Å². The van der Waals surface area contributed by atoms with Gasteiger partial charge in [0.1, 0.15) is 0 Å². The molecule has 0 saturated carbocycles. The van der Waals surface area contributed by atoms with E-state index in [0.717, 1.165) is 32.7 Å². The van der Waals surface area contributed by atoms with E-state index in [1.807, 2.05) is 36.9 Å². The van der Waals surface area contributed by atoms with Crippen LogP contribution in [0.15, 0.2) is 36.4 Å². The first-order valence-electron chi connectivity index (χ1n) is 8.06. The lowest BCUT2D eigenvalue weighted by molar-refractivity contribution is -0.135. The molecule has 2 N–H and O–H groups in total. The lowest BCUT2D eigenvalue weighted by Crippen LogP contribution is -2.54. The summed E-state index contributed by atoms with van der Waals surface area (Å²) in [4.78, 5) is 16.5. The van der Waals surface area contributed by atoms with Gasteiger partial charge in [-0.05, 0) is 11.5 Å². The second kappa shape index (κ2) is 8.11. The highest BCUT2D eigenvalue weighted by molar-refractivity contribution is 5.82. The Labute approximate surface area is 133 Å². The molecule has 1 aliphatic rings. The number of carbonyl (C=O) groups excluding carboxylic acids is 1. The van der Waals surface area contributed by atoms with Gasteiger partial charge in [0.05, 0.1) is 6.04 Å². The van der Waals surface area contributed by atoms with Crippen molar-refractivity contribution >= 4 is 12.0 Å². The second-order valence-electron chi connectivity index (χ2n) is 6.21. The van der Waals surface area contributed by atoms with E-state index in [-0.39, 0.29) is 17.9 Å². The number of nitrogens with two attached hydrogens (primary N) is 1. The monoisotopic (exact) mass is 301 g/mol. The van der Waals surface area contributed by atoms with E-state index in [9.17, 15) is 4.79 Å². The third-order valence-corrected chi connectivity index (χ3v) is 4.16. The highest BCUT2D eigenvalue weighted by atomic mass is 16.2. The highest BCUT2D eigenvalue weighted by Gasteiger charge is 2.26. The highest BCUT2D eigenvalue weighted by Crippen LogP contribution is 2.08. The second-order valence-corrected chi connectivity index (χ2v) is 6.21. The summed E-state index contributed by atoms with van der Waals surface area (Å²) in [5.74, 6) is 0.286. The molecule has 1 heterocycles. The van der Waals surface area contributed by atoms with Crippen LogP contribution in [0.4, 0.5) is 0 Å². The molecule has 1 amide bonds. The zero-order chi connectivity index (χ0) is 15.9. The van der Waals surface area contributed by atoms with Crippen molar-refractivity contribution in [2.24, 2.45) is 11.7 Å². The summed E-state index contributed by atoms with van der Waals surface area (Å²) in [6, 6.07) is 9.94. The average Bonchev–Trinajstić information content (AvgIpc) is 2.55. The molecular weight excluding hydrogens is 274 g/mol. The quantitative estimate of drug-likeness (QED) is 0.902. The number of piperazine rings is 1.